The number of ether oxygens (including phenoxy) is 3. The fourth-order valence-electron chi connectivity index (χ4n) is 8.32. The maximum Gasteiger partial charge on any atom is 0.306 e. The Morgan fingerprint density at radius 2 is 0.532 bits per heavy atom. The summed E-state index contributed by atoms with van der Waals surface area (Å²) in [5.74, 6) is -0.864. The third kappa shape index (κ3) is 49.2. The van der Waals surface area contributed by atoms with Crippen molar-refractivity contribution in [3.8, 4) is 0 Å². The van der Waals surface area contributed by atoms with Crippen molar-refractivity contribution in [1.82, 2.24) is 0 Å². The zero-order valence-corrected chi connectivity index (χ0v) is 41.9. The second kappa shape index (κ2) is 51.8. The van der Waals surface area contributed by atoms with Gasteiger partial charge >= 0.3 is 17.9 Å². The third-order valence-corrected chi connectivity index (χ3v) is 12.5. The minimum Gasteiger partial charge on any atom is -0.462 e. The van der Waals surface area contributed by atoms with Crippen LogP contribution in [0.3, 0.4) is 0 Å². The molecule has 0 rings (SSSR count). The van der Waals surface area contributed by atoms with Gasteiger partial charge in [0.1, 0.15) is 13.2 Å². The fourth-order valence-corrected chi connectivity index (χ4v) is 8.32. The van der Waals surface area contributed by atoms with Crippen LogP contribution >= 0.6 is 0 Å². The van der Waals surface area contributed by atoms with Crippen LogP contribution in [0.4, 0.5) is 0 Å². The molecule has 0 heterocycles. The lowest BCUT2D eigenvalue weighted by molar-refractivity contribution is -0.167. The van der Waals surface area contributed by atoms with Gasteiger partial charge in [-0.15, -0.1) is 0 Å². The molecule has 0 aromatic carbocycles. The Kier molecular flexibility index (Phi) is 50.2. The monoisotopic (exact) mass is 875 g/mol. The second-order valence-corrected chi connectivity index (χ2v) is 18.9. The van der Waals surface area contributed by atoms with Crippen molar-refractivity contribution in [3.63, 3.8) is 0 Å². The summed E-state index contributed by atoms with van der Waals surface area (Å²) in [6.45, 7) is 6.60. The first-order chi connectivity index (χ1) is 30.5. The van der Waals surface area contributed by atoms with E-state index < -0.39 is 6.10 Å². The average molecular weight is 875 g/mol. The molecular weight excluding hydrogens is 769 g/mol. The molecule has 0 spiro atoms. The SMILES string of the molecule is CCCCCCCCCC/C=C\CCCCCCCCCCCC(=O)OCC(COC(=O)CCCCCCC)OC(=O)CCCCCCCCCCCCCCCCCCCC. The maximum atomic E-state index is 12.8. The quantitative estimate of drug-likeness (QED) is 0.0262. The molecule has 0 aliphatic carbocycles. The van der Waals surface area contributed by atoms with E-state index in [-0.39, 0.29) is 31.1 Å². The van der Waals surface area contributed by atoms with E-state index in [0.717, 1.165) is 64.2 Å². The van der Waals surface area contributed by atoms with E-state index in [4.69, 9.17) is 14.2 Å². The first-order valence-electron chi connectivity index (χ1n) is 27.7. The summed E-state index contributed by atoms with van der Waals surface area (Å²) in [5.41, 5.74) is 0. The Balaban J connectivity index is 4.07. The molecule has 0 fully saturated rings. The first-order valence-corrected chi connectivity index (χ1v) is 27.7. The molecule has 1 unspecified atom stereocenters. The number of unbranched alkanes of at least 4 members (excludes halogenated alkanes) is 38. The molecule has 0 N–H and O–H groups in total. The van der Waals surface area contributed by atoms with Gasteiger partial charge in [0.25, 0.3) is 0 Å². The molecule has 0 amide bonds. The van der Waals surface area contributed by atoms with Crippen molar-refractivity contribution in [3.05, 3.63) is 12.2 Å². The fraction of sp³-hybridized carbons (Fsp3) is 0.911. The van der Waals surface area contributed by atoms with Gasteiger partial charge in [-0.25, -0.2) is 0 Å². The standard InChI is InChI=1S/C56H106O6/c1-4-7-10-13-15-17-19-21-23-25-27-28-29-31-32-34-36-38-40-43-46-49-55(58)61-52-53(51-60-54(57)48-45-42-12-9-6-3)62-56(59)50-47-44-41-39-37-35-33-30-26-24-22-20-18-16-14-11-8-5-2/h25,27,53H,4-24,26,28-52H2,1-3H3/b27-25-. The molecule has 0 bridgehead atoms. The van der Waals surface area contributed by atoms with Crippen LogP contribution in [0, 0.1) is 0 Å². The molecule has 1 atom stereocenters. The van der Waals surface area contributed by atoms with Crippen LogP contribution < -0.4 is 0 Å². The molecule has 6 nitrogen and oxygen atoms in total. The molecule has 0 saturated heterocycles. The number of esters is 3. The van der Waals surface area contributed by atoms with Crippen LogP contribution in [-0.2, 0) is 28.6 Å². The summed E-state index contributed by atoms with van der Waals surface area (Å²) in [5, 5.41) is 0. The van der Waals surface area contributed by atoms with Gasteiger partial charge in [0.05, 0.1) is 0 Å². The van der Waals surface area contributed by atoms with Crippen LogP contribution in [0.5, 0.6) is 0 Å². The Morgan fingerprint density at radius 3 is 0.806 bits per heavy atom. The number of carbonyl (C=O) groups excluding carboxylic acids is 3. The zero-order chi connectivity index (χ0) is 45.1. The predicted octanol–water partition coefficient (Wildman–Crippen LogP) is 18.2. The van der Waals surface area contributed by atoms with Gasteiger partial charge in [-0.05, 0) is 44.9 Å². The molecule has 366 valence electrons. The van der Waals surface area contributed by atoms with Gasteiger partial charge in [-0.2, -0.15) is 0 Å². The van der Waals surface area contributed by atoms with Crippen LogP contribution in [0.2, 0.25) is 0 Å². The summed E-state index contributed by atoms with van der Waals surface area (Å²) >= 11 is 0. The van der Waals surface area contributed by atoms with E-state index >= 15 is 0 Å². The minimum absolute atomic E-state index is 0.0669. The maximum absolute atomic E-state index is 12.8. The molecule has 6 heteroatoms. The Bertz CT molecular complexity index is 962. The van der Waals surface area contributed by atoms with E-state index in [1.807, 2.05) is 0 Å². The molecular formula is C56H106O6. The summed E-state index contributed by atoms with van der Waals surface area (Å²) in [4.78, 5) is 37.7. The average Bonchev–Trinajstić information content (AvgIpc) is 3.27. The lowest BCUT2D eigenvalue weighted by atomic mass is 10.0. The number of hydrogen-bond donors (Lipinski definition) is 0. The van der Waals surface area contributed by atoms with E-state index in [9.17, 15) is 14.4 Å². The van der Waals surface area contributed by atoms with Crippen LogP contribution in [0.15, 0.2) is 12.2 Å². The van der Waals surface area contributed by atoms with Gasteiger partial charge in [-0.1, -0.05) is 258 Å². The van der Waals surface area contributed by atoms with Gasteiger partial charge in [-0.3, -0.25) is 14.4 Å². The van der Waals surface area contributed by atoms with Gasteiger partial charge < -0.3 is 14.2 Å². The predicted molar refractivity (Wildman–Crippen MR) is 266 cm³/mol. The van der Waals surface area contributed by atoms with Crippen LogP contribution in [0.1, 0.15) is 310 Å². The second-order valence-electron chi connectivity index (χ2n) is 18.9. The first kappa shape index (κ1) is 60.2. The van der Waals surface area contributed by atoms with E-state index in [0.29, 0.717) is 19.3 Å². The van der Waals surface area contributed by atoms with Gasteiger partial charge in [0.2, 0.25) is 0 Å². The van der Waals surface area contributed by atoms with E-state index in [1.54, 1.807) is 0 Å². The summed E-state index contributed by atoms with van der Waals surface area (Å²) < 4.78 is 16.7. The molecule has 62 heavy (non-hydrogen) atoms. The highest BCUT2D eigenvalue weighted by molar-refractivity contribution is 5.71. The zero-order valence-electron chi connectivity index (χ0n) is 41.9. The Labute approximate surface area is 386 Å². The molecule has 0 aromatic heterocycles. The summed E-state index contributed by atoms with van der Waals surface area (Å²) in [6.07, 6.45) is 58.2. The van der Waals surface area contributed by atoms with Crippen LogP contribution in [0.25, 0.3) is 0 Å². The van der Waals surface area contributed by atoms with Crippen molar-refractivity contribution < 1.29 is 28.6 Å². The molecule has 0 aliphatic heterocycles. The highest BCUT2D eigenvalue weighted by atomic mass is 16.6. The van der Waals surface area contributed by atoms with Crippen molar-refractivity contribution >= 4 is 17.9 Å². The van der Waals surface area contributed by atoms with Crippen LogP contribution in [-0.4, -0.2) is 37.2 Å². The highest BCUT2D eigenvalue weighted by Crippen LogP contribution is 2.17. The third-order valence-electron chi connectivity index (χ3n) is 12.5. The highest BCUT2D eigenvalue weighted by Gasteiger charge is 2.19. The lowest BCUT2D eigenvalue weighted by Gasteiger charge is -2.18. The topological polar surface area (TPSA) is 78.9 Å². The molecule has 0 saturated carbocycles. The smallest absolute Gasteiger partial charge is 0.306 e. The normalized spacial score (nSPS) is 12.0. The summed E-state index contributed by atoms with van der Waals surface area (Å²) in [6, 6.07) is 0. The lowest BCUT2D eigenvalue weighted by Crippen LogP contribution is -2.30. The molecule has 0 aromatic rings. The van der Waals surface area contributed by atoms with Crippen molar-refractivity contribution in [2.24, 2.45) is 0 Å². The largest absolute Gasteiger partial charge is 0.462 e. The molecule has 0 aliphatic rings. The van der Waals surface area contributed by atoms with Crippen molar-refractivity contribution in [1.29, 1.82) is 0 Å². The summed E-state index contributed by atoms with van der Waals surface area (Å²) in [7, 11) is 0. The van der Waals surface area contributed by atoms with Crippen molar-refractivity contribution in [2.45, 2.75) is 316 Å². The van der Waals surface area contributed by atoms with Gasteiger partial charge in [0.15, 0.2) is 6.10 Å². The molecule has 0 radical (unpaired) electrons. The Hall–Kier alpha value is -1.85. The Morgan fingerprint density at radius 1 is 0.306 bits per heavy atom. The number of carbonyl (C=O) groups is 3. The van der Waals surface area contributed by atoms with Gasteiger partial charge in [0, 0.05) is 19.3 Å². The number of rotatable bonds is 51. The minimum atomic E-state index is -0.762. The van der Waals surface area contributed by atoms with Crippen molar-refractivity contribution in [2.75, 3.05) is 13.2 Å². The van der Waals surface area contributed by atoms with E-state index in [2.05, 4.69) is 32.9 Å². The number of hydrogen-bond acceptors (Lipinski definition) is 6. The van der Waals surface area contributed by atoms with E-state index in [1.165, 1.54) is 205 Å². The number of allylic oxidation sites excluding steroid dienone is 2.